The summed E-state index contributed by atoms with van der Waals surface area (Å²) in [6.45, 7) is 10.2. The number of hydrogen-bond acceptors (Lipinski definition) is 8. The number of unbranched alkanes of at least 4 members (excludes halogenated alkanes) is 2. The molecular formula is C41H51N3O8. The maximum absolute atomic E-state index is 13.2. The highest BCUT2D eigenvalue weighted by Gasteiger charge is 2.52. The Labute approximate surface area is 305 Å². The van der Waals surface area contributed by atoms with Crippen LogP contribution in [0, 0.1) is 5.92 Å². The molecule has 1 saturated heterocycles. The van der Waals surface area contributed by atoms with Crippen molar-refractivity contribution in [2.45, 2.75) is 96.4 Å². The molecule has 278 valence electrons. The molecule has 11 heteroatoms. The third kappa shape index (κ3) is 9.13. The molecule has 2 heterocycles. The number of amides is 3. The maximum atomic E-state index is 13.2. The Kier molecular flexibility index (Phi) is 13.0. The topological polar surface area (TPSA) is 158 Å². The van der Waals surface area contributed by atoms with Gasteiger partial charge in [0.25, 0.3) is 11.8 Å². The van der Waals surface area contributed by atoms with Crippen LogP contribution in [-0.4, -0.2) is 69.7 Å². The predicted octanol–water partition coefficient (Wildman–Crippen LogP) is 5.92. The molecule has 0 radical (unpaired) electrons. The van der Waals surface area contributed by atoms with Crippen LogP contribution in [-0.2, 0) is 16.0 Å². The van der Waals surface area contributed by atoms with Crippen LogP contribution in [0.25, 0.3) is 0 Å². The number of fused-ring (bicyclic) bond motifs is 1. The summed E-state index contributed by atoms with van der Waals surface area (Å²) >= 11 is 0. The number of benzene rings is 2. The molecule has 0 spiro atoms. The van der Waals surface area contributed by atoms with E-state index < -0.39 is 36.3 Å². The molecule has 0 aromatic heterocycles. The van der Waals surface area contributed by atoms with Gasteiger partial charge in [-0.2, -0.15) is 0 Å². The van der Waals surface area contributed by atoms with Crippen LogP contribution >= 0.6 is 0 Å². The molecule has 5 rings (SSSR count). The first-order valence-corrected chi connectivity index (χ1v) is 18.2. The van der Waals surface area contributed by atoms with Gasteiger partial charge in [0.05, 0.1) is 11.7 Å². The Morgan fingerprint density at radius 2 is 1.88 bits per heavy atom. The van der Waals surface area contributed by atoms with Crippen molar-refractivity contribution in [2.75, 3.05) is 13.2 Å². The number of aromatic hydroxyl groups is 1. The lowest BCUT2D eigenvalue weighted by Crippen LogP contribution is -2.72. The largest absolute Gasteiger partial charge is 0.507 e. The van der Waals surface area contributed by atoms with Crippen molar-refractivity contribution in [3.8, 4) is 17.2 Å². The Bertz CT molecular complexity index is 1730. The van der Waals surface area contributed by atoms with Crippen molar-refractivity contribution in [1.82, 2.24) is 15.5 Å². The zero-order chi connectivity index (χ0) is 37.4. The number of phenols is 1. The molecular weight excluding hydrogens is 662 g/mol. The van der Waals surface area contributed by atoms with E-state index >= 15 is 0 Å². The number of allylic oxidation sites excluding steroid dienone is 5. The summed E-state index contributed by atoms with van der Waals surface area (Å²) in [5.41, 5.74) is 4.25. The number of hydrogen-bond donors (Lipinski definition) is 5. The minimum atomic E-state index is -1.92. The third-order valence-corrected chi connectivity index (χ3v) is 10.0. The number of nitrogens with one attached hydrogen (secondary N) is 2. The van der Waals surface area contributed by atoms with Gasteiger partial charge >= 0.3 is 6.09 Å². The van der Waals surface area contributed by atoms with E-state index in [0.29, 0.717) is 35.5 Å². The van der Waals surface area contributed by atoms with Gasteiger partial charge in [-0.3, -0.25) is 9.59 Å². The molecule has 0 bridgehead atoms. The van der Waals surface area contributed by atoms with Gasteiger partial charge < -0.3 is 40.3 Å². The Balaban J connectivity index is 1.23. The van der Waals surface area contributed by atoms with Crippen LogP contribution in [0.4, 0.5) is 4.79 Å². The maximum Gasteiger partial charge on any atom is 0.412 e. The Morgan fingerprint density at radius 1 is 1.12 bits per heavy atom. The van der Waals surface area contributed by atoms with Crippen molar-refractivity contribution in [2.24, 2.45) is 5.92 Å². The molecule has 3 aliphatic rings. The fourth-order valence-electron chi connectivity index (χ4n) is 7.42. The van der Waals surface area contributed by atoms with Gasteiger partial charge in [0, 0.05) is 18.0 Å². The third-order valence-electron chi connectivity index (χ3n) is 10.0. The lowest BCUT2D eigenvalue weighted by molar-refractivity contribution is -0.156. The number of nitrogens with zero attached hydrogens (tertiary/aromatic N) is 1. The number of aryl methyl sites for hydroxylation is 1. The fourth-order valence-corrected chi connectivity index (χ4v) is 7.42. The Hall–Kier alpha value is -4.87. The first-order chi connectivity index (χ1) is 25.0. The van der Waals surface area contributed by atoms with E-state index in [-0.39, 0.29) is 36.4 Å². The van der Waals surface area contributed by atoms with E-state index in [2.05, 4.69) is 37.1 Å². The van der Waals surface area contributed by atoms with Gasteiger partial charge in [-0.15, -0.1) is 0 Å². The van der Waals surface area contributed by atoms with Crippen molar-refractivity contribution in [3.63, 3.8) is 0 Å². The van der Waals surface area contributed by atoms with Crippen LogP contribution in [0.1, 0.15) is 82.8 Å². The minimum absolute atomic E-state index is 0.0500. The summed E-state index contributed by atoms with van der Waals surface area (Å²) < 4.78 is 11.4. The van der Waals surface area contributed by atoms with Gasteiger partial charge in [0.15, 0.2) is 12.9 Å². The number of ether oxygens (including phenoxy) is 2. The second-order valence-corrected chi connectivity index (χ2v) is 13.9. The summed E-state index contributed by atoms with van der Waals surface area (Å²) in [5, 5.41) is 37.2. The van der Waals surface area contributed by atoms with Crippen LogP contribution in [0.5, 0.6) is 17.2 Å². The number of para-hydroxylation sites is 1. The van der Waals surface area contributed by atoms with E-state index in [4.69, 9.17) is 9.47 Å². The second kappa shape index (κ2) is 17.6. The fraction of sp³-hybridized carbons (Fsp3) is 0.439. The van der Waals surface area contributed by atoms with Gasteiger partial charge in [-0.1, -0.05) is 73.9 Å². The highest BCUT2D eigenvalue weighted by Crippen LogP contribution is 2.47. The van der Waals surface area contributed by atoms with E-state index in [0.717, 1.165) is 49.7 Å². The van der Waals surface area contributed by atoms with Crippen LogP contribution in [0.3, 0.4) is 0 Å². The summed E-state index contributed by atoms with van der Waals surface area (Å²) in [7, 11) is 0. The number of carbonyl (C=O) groups is 3. The average molecular weight is 714 g/mol. The quantitative estimate of drug-likeness (QED) is 0.0659. The zero-order valence-corrected chi connectivity index (χ0v) is 30.3. The molecule has 1 aliphatic carbocycles. The lowest BCUT2D eigenvalue weighted by Gasteiger charge is -2.51. The molecule has 4 atom stereocenters. The number of carbonyl (C=O) groups excluding carboxylic acids is 3. The van der Waals surface area contributed by atoms with Gasteiger partial charge in [-0.05, 0) is 93.7 Å². The van der Waals surface area contributed by atoms with Gasteiger partial charge in [-0.25, -0.2) is 4.79 Å². The van der Waals surface area contributed by atoms with E-state index in [1.165, 1.54) is 10.5 Å². The number of aliphatic hydroxyl groups is 2. The first-order valence-electron chi connectivity index (χ1n) is 18.2. The molecule has 11 nitrogen and oxygen atoms in total. The summed E-state index contributed by atoms with van der Waals surface area (Å²) in [4.78, 5) is 40.1. The van der Waals surface area contributed by atoms with Crippen molar-refractivity contribution in [1.29, 1.82) is 0 Å². The van der Waals surface area contributed by atoms with Crippen molar-refractivity contribution < 1.29 is 39.2 Å². The van der Waals surface area contributed by atoms with Crippen molar-refractivity contribution in [3.05, 3.63) is 101 Å². The predicted molar refractivity (Wildman–Crippen MR) is 198 cm³/mol. The Morgan fingerprint density at radius 3 is 2.60 bits per heavy atom. The SMILES string of the molecule is C=C(C)[C@@H]1CCC(C)=C[C@H]1c1c(O)cc(CCCCC)cc1OC(=O)NC/C=C/C1=C(C(O)O)N2C(=O)[C@@H](NC(=O)COc3ccccc3)[C@H]2CC1. The van der Waals surface area contributed by atoms with Crippen LogP contribution in [0.15, 0.2) is 89.7 Å². The monoisotopic (exact) mass is 713 g/mol. The van der Waals surface area contributed by atoms with Crippen LogP contribution < -0.4 is 20.1 Å². The highest BCUT2D eigenvalue weighted by molar-refractivity contribution is 5.95. The number of β-lactam (4-membered cyclic amide) rings is 1. The molecule has 3 amide bonds. The summed E-state index contributed by atoms with van der Waals surface area (Å²) in [6.07, 6.45) is 9.35. The average Bonchev–Trinajstić information content (AvgIpc) is 3.11. The van der Waals surface area contributed by atoms with Crippen LogP contribution in [0.2, 0.25) is 0 Å². The molecule has 1 fully saturated rings. The number of phenolic OH excluding ortho intramolecular Hbond substituents is 1. The number of rotatable bonds is 15. The smallest absolute Gasteiger partial charge is 0.412 e. The molecule has 0 saturated carbocycles. The van der Waals surface area contributed by atoms with Gasteiger partial charge in [0.2, 0.25) is 0 Å². The molecule has 0 unspecified atom stereocenters. The molecule has 2 aliphatic heterocycles. The second-order valence-electron chi connectivity index (χ2n) is 13.9. The van der Waals surface area contributed by atoms with Crippen molar-refractivity contribution >= 4 is 17.9 Å². The minimum Gasteiger partial charge on any atom is -0.507 e. The molecule has 2 aromatic rings. The lowest BCUT2D eigenvalue weighted by atomic mass is 9.73. The molecule has 5 N–H and O–H groups in total. The first kappa shape index (κ1) is 38.4. The normalized spacial score (nSPS) is 21.4. The highest BCUT2D eigenvalue weighted by atomic mass is 16.6. The summed E-state index contributed by atoms with van der Waals surface area (Å²) in [5.74, 6) is -0.0562. The van der Waals surface area contributed by atoms with E-state index in [1.54, 1.807) is 42.5 Å². The standard InChI is InChI=1S/C41H51N3O8/c1-5-6-8-12-27-22-33(45)36(31-21-26(4)16-18-30(31)25(2)3)34(23-27)52-41(50)42-20-11-13-28-17-19-32-37(39(47)44(32)38(28)40(48)49)43-35(46)24-51-29-14-9-7-10-15-29/h7,9-11,13-15,21-23,30-32,37,40,45,48-49H,2,5-6,8,12,16-20,24H2,1,3-4H3,(H,42,50)(H,43,46)/b13-11+/t30-,31+,32+,37-/m0/s1. The zero-order valence-electron chi connectivity index (χ0n) is 30.3. The van der Waals surface area contributed by atoms with Gasteiger partial charge in [0.1, 0.15) is 23.3 Å². The van der Waals surface area contributed by atoms with E-state index in [1.807, 2.05) is 19.1 Å². The molecule has 52 heavy (non-hydrogen) atoms. The van der Waals surface area contributed by atoms with E-state index in [9.17, 15) is 29.7 Å². The summed E-state index contributed by atoms with van der Waals surface area (Å²) in [6, 6.07) is 11.3. The number of aliphatic hydroxyl groups excluding tert-OH is 1. The molecule has 2 aromatic carbocycles.